The molecule has 1 aliphatic heterocycles. The Morgan fingerprint density at radius 1 is 1.33 bits per heavy atom. The highest BCUT2D eigenvalue weighted by atomic mass is 16.6. The summed E-state index contributed by atoms with van der Waals surface area (Å²) in [5.74, 6) is 1.11. The minimum Gasteiger partial charge on any atom is -0.493 e. The number of nitrogens with zero attached hydrogens (tertiary/aromatic N) is 2. The second kappa shape index (κ2) is 6.83. The largest absolute Gasteiger partial charge is 0.493 e. The molecule has 0 saturated carbocycles. The van der Waals surface area contributed by atoms with Crippen molar-refractivity contribution < 1.29 is 19.1 Å². The fraction of sp³-hybridized carbons (Fsp3) is 0.176. The van der Waals surface area contributed by atoms with Gasteiger partial charge in [-0.2, -0.15) is 0 Å². The number of carbonyl (C=O) groups is 2. The molecule has 1 atom stereocenters. The number of hydrogen-bond donors (Lipinski definition) is 4. The number of aromatic amines is 1. The normalized spacial score (nSPS) is 15.5. The third-order valence-electron chi connectivity index (χ3n) is 4.11. The molecule has 138 valence electrons. The molecule has 0 bridgehead atoms. The number of nitrogens with two attached hydrogens (primary N) is 1. The maximum absolute atomic E-state index is 12.4. The lowest BCUT2D eigenvalue weighted by atomic mass is 10.0. The maximum atomic E-state index is 12.4. The van der Waals surface area contributed by atoms with Crippen molar-refractivity contribution >= 4 is 28.8 Å². The van der Waals surface area contributed by atoms with Crippen LogP contribution in [0.4, 0.5) is 15.4 Å². The molecular weight excluding hydrogens is 352 g/mol. The van der Waals surface area contributed by atoms with Gasteiger partial charge in [-0.15, -0.1) is 5.10 Å². The monoisotopic (exact) mass is 368 g/mol. The van der Waals surface area contributed by atoms with Crippen LogP contribution in [0.3, 0.4) is 0 Å². The van der Waals surface area contributed by atoms with Gasteiger partial charge in [0.1, 0.15) is 11.6 Å². The number of hydrogen-bond acceptors (Lipinski definition) is 6. The molecule has 10 nitrogen and oxygen atoms in total. The van der Waals surface area contributed by atoms with Crippen LogP contribution in [-0.2, 0) is 0 Å². The van der Waals surface area contributed by atoms with Gasteiger partial charge in [-0.05, 0) is 6.07 Å². The average molecular weight is 368 g/mol. The highest BCUT2D eigenvalue weighted by Gasteiger charge is 2.22. The topological polar surface area (TPSA) is 144 Å². The number of urea groups is 1. The van der Waals surface area contributed by atoms with E-state index >= 15 is 0 Å². The summed E-state index contributed by atoms with van der Waals surface area (Å²) >= 11 is 0. The van der Waals surface area contributed by atoms with Crippen LogP contribution < -0.4 is 25.8 Å². The van der Waals surface area contributed by atoms with Crippen LogP contribution in [0.25, 0.3) is 10.9 Å². The minimum absolute atomic E-state index is 0.0276. The summed E-state index contributed by atoms with van der Waals surface area (Å²) in [5, 5.41) is 12.6. The number of rotatable bonds is 3. The number of pyridine rings is 1. The first-order chi connectivity index (χ1) is 13.1. The highest BCUT2D eigenvalue weighted by molar-refractivity contribution is 5.92. The average Bonchev–Trinajstić information content (AvgIpc) is 3.03. The van der Waals surface area contributed by atoms with Crippen molar-refractivity contribution in [2.24, 2.45) is 5.73 Å². The van der Waals surface area contributed by atoms with Gasteiger partial charge in [0, 0.05) is 24.2 Å². The molecule has 0 spiro atoms. The van der Waals surface area contributed by atoms with E-state index in [1.54, 1.807) is 6.07 Å². The van der Waals surface area contributed by atoms with E-state index in [-0.39, 0.29) is 11.9 Å². The third-order valence-corrected chi connectivity index (χ3v) is 4.11. The molecule has 1 aromatic carbocycles. The number of ether oxygens (including phenoxy) is 2. The van der Waals surface area contributed by atoms with Crippen LogP contribution in [0.15, 0.2) is 36.5 Å². The van der Waals surface area contributed by atoms with Gasteiger partial charge in [-0.3, -0.25) is 10.4 Å². The van der Waals surface area contributed by atoms with Gasteiger partial charge in [0.15, 0.2) is 0 Å². The number of fused-ring (bicyclic) bond motifs is 2. The molecule has 0 aliphatic carbocycles. The van der Waals surface area contributed by atoms with Gasteiger partial charge >= 0.3 is 12.1 Å². The number of primary amides is 1. The summed E-state index contributed by atoms with van der Waals surface area (Å²) in [6.45, 7) is 0.531. The van der Waals surface area contributed by atoms with Crippen LogP contribution in [-0.4, -0.2) is 33.9 Å². The number of nitrogens with one attached hydrogen (secondary N) is 3. The predicted molar refractivity (Wildman–Crippen MR) is 95.5 cm³/mol. The molecule has 0 saturated heterocycles. The van der Waals surface area contributed by atoms with Crippen molar-refractivity contribution in [3.63, 3.8) is 0 Å². The number of amides is 3. The van der Waals surface area contributed by atoms with Crippen LogP contribution in [0.1, 0.15) is 18.0 Å². The Bertz CT molecular complexity index is 1020. The van der Waals surface area contributed by atoms with Crippen molar-refractivity contribution in [2.75, 3.05) is 11.9 Å². The van der Waals surface area contributed by atoms with Gasteiger partial charge in [0.25, 0.3) is 5.88 Å². The molecule has 4 rings (SSSR count). The SMILES string of the molecule is NC(=O)Oc1n[nH]c2cc(NC(=O)N[C@@H]3CCOc4ccccc43)ncc12. The Balaban J connectivity index is 1.46. The van der Waals surface area contributed by atoms with E-state index in [0.717, 1.165) is 11.3 Å². The van der Waals surface area contributed by atoms with E-state index < -0.39 is 12.1 Å². The second-order valence-corrected chi connectivity index (χ2v) is 5.89. The first kappa shape index (κ1) is 16.6. The number of H-pyrrole nitrogens is 1. The lowest BCUT2D eigenvalue weighted by molar-refractivity contribution is 0.209. The lowest BCUT2D eigenvalue weighted by Crippen LogP contribution is -2.35. The summed E-state index contributed by atoms with van der Waals surface area (Å²) < 4.78 is 10.4. The number of benzene rings is 1. The second-order valence-electron chi connectivity index (χ2n) is 5.89. The van der Waals surface area contributed by atoms with Crippen LogP contribution in [0.2, 0.25) is 0 Å². The molecule has 1 aliphatic rings. The third kappa shape index (κ3) is 3.45. The summed E-state index contributed by atoms with van der Waals surface area (Å²) in [5.41, 5.74) is 6.45. The van der Waals surface area contributed by atoms with Crippen LogP contribution >= 0.6 is 0 Å². The van der Waals surface area contributed by atoms with Gasteiger partial charge in [0.2, 0.25) is 0 Å². The highest BCUT2D eigenvalue weighted by Crippen LogP contribution is 2.31. The van der Waals surface area contributed by atoms with Gasteiger partial charge in [-0.25, -0.2) is 14.6 Å². The van der Waals surface area contributed by atoms with Crippen molar-refractivity contribution in [1.29, 1.82) is 0 Å². The summed E-state index contributed by atoms with van der Waals surface area (Å²) in [7, 11) is 0. The van der Waals surface area contributed by atoms with Crippen LogP contribution in [0, 0.1) is 0 Å². The smallest absolute Gasteiger partial charge is 0.411 e. The van der Waals surface area contributed by atoms with Crippen LogP contribution in [0.5, 0.6) is 11.6 Å². The summed E-state index contributed by atoms with van der Waals surface area (Å²) in [6, 6.07) is 8.63. The molecule has 0 unspecified atom stereocenters. The molecule has 0 radical (unpaired) electrons. The number of anilines is 1. The Morgan fingerprint density at radius 2 is 2.19 bits per heavy atom. The van der Waals surface area contributed by atoms with E-state index in [1.165, 1.54) is 6.20 Å². The van der Waals surface area contributed by atoms with Crippen molar-refractivity contribution in [3.05, 3.63) is 42.1 Å². The van der Waals surface area contributed by atoms with E-state index in [0.29, 0.717) is 29.7 Å². The zero-order valence-electron chi connectivity index (χ0n) is 14.1. The van der Waals surface area contributed by atoms with E-state index in [9.17, 15) is 9.59 Å². The molecule has 3 aromatic rings. The molecule has 2 aromatic heterocycles. The minimum atomic E-state index is -0.971. The molecule has 5 N–H and O–H groups in total. The van der Waals surface area contributed by atoms with Gasteiger partial charge < -0.3 is 20.5 Å². The lowest BCUT2D eigenvalue weighted by Gasteiger charge is -2.26. The van der Waals surface area contributed by atoms with E-state index in [1.807, 2.05) is 24.3 Å². The van der Waals surface area contributed by atoms with Crippen molar-refractivity contribution in [2.45, 2.75) is 12.5 Å². The standard InChI is InChI=1S/C17H16N6O4/c18-16(24)27-15-10-8-19-14(7-12(10)22-23-15)21-17(25)20-11-5-6-26-13-4-2-1-3-9(11)13/h1-4,7-8,11H,5-6H2,(H2,18,24)(H,22,23)(H2,19,20,21,25)/t11-/m1/s1. The molecule has 3 amide bonds. The number of aromatic nitrogens is 3. The van der Waals surface area contributed by atoms with Gasteiger partial charge in [0.05, 0.1) is 23.6 Å². The molecular formula is C17H16N6O4. The predicted octanol–water partition coefficient (Wildman–Crippen LogP) is 2.06. The molecule has 3 heterocycles. The Labute approximate surface area is 153 Å². The first-order valence-corrected chi connectivity index (χ1v) is 8.21. The van der Waals surface area contributed by atoms with Crippen molar-refractivity contribution in [3.8, 4) is 11.6 Å². The zero-order valence-corrected chi connectivity index (χ0v) is 14.1. The molecule has 0 fully saturated rings. The zero-order chi connectivity index (χ0) is 18.8. The van der Waals surface area contributed by atoms with Crippen molar-refractivity contribution in [1.82, 2.24) is 20.5 Å². The first-order valence-electron chi connectivity index (χ1n) is 8.21. The Morgan fingerprint density at radius 3 is 3.04 bits per heavy atom. The number of para-hydroxylation sites is 1. The fourth-order valence-electron chi connectivity index (χ4n) is 2.93. The summed E-state index contributed by atoms with van der Waals surface area (Å²) in [6.07, 6.45) is 1.13. The Hall–Kier alpha value is -3.82. The Kier molecular flexibility index (Phi) is 4.21. The summed E-state index contributed by atoms with van der Waals surface area (Å²) in [4.78, 5) is 27.3. The molecule has 27 heavy (non-hydrogen) atoms. The molecule has 10 heteroatoms. The van der Waals surface area contributed by atoms with Gasteiger partial charge in [-0.1, -0.05) is 18.2 Å². The maximum Gasteiger partial charge on any atom is 0.411 e. The fourth-order valence-corrected chi connectivity index (χ4v) is 2.93. The van der Waals surface area contributed by atoms with E-state index in [2.05, 4.69) is 25.8 Å². The quantitative estimate of drug-likeness (QED) is 0.557. The van der Waals surface area contributed by atoms with E-state index in [4.69, 9.17) is 15.2 Å². The number of carbonyl (C=O) groups excluding carboxylic acids is 2.